The molecule has 8 heteroatoms. The molecule has 4 rings (SSSR count). The molecule has 0 aliphatic carbocycles. The number of aromatic nitrogens is 2. The number of carbonyl (C=O) groups excluding carboxylic acids is 1. The third kappa shape index (κ3) is 3.52. The summed E-state index contributed by atoms with van der Waals surface area (Å²) < 4.78 is 10.7. The normalized spacial score (nSPS) is 13.9. The number of aromatic amines is 2. The second-order valence-electron chi connectivity index (χ2n) is 6.61. The van der Waals surface area contributed by atoms with E-state index in [0.29, 0.717) is 23.3 Å². The molecule has 8 nitrogen and oxygen atoms in total. The van der Waals surface area contributed by atoms with Crippen molar-refractivity contribution in [2.24, 2.45) is 0 Å². The molecule has 0 spiro atoms. The van der Waals surface area contributed by atoms with Crippen molar-refractivity contribution in [3.05, 3.63) is 52.4 Å². The molecule has 2 heterocycles. The van der Waals surface area contributed by atoms with Gasteiger partial charge in [-0.25, -0.2) is 4.79 Å². The summed E-state index contributed by atoms with van der Waals surface area (Å²) in [6.45, 7) is 2.68. The van der Waals surface area contributed by atoms with E-state index in [-0.39, 0.29) is 24.4 Å². The van der Waals surface area contributed by atoms with Crippen LogP contribution in [0.4, 0.5) is 5.69 Å². The second-order valence-corrected chi connectivity index (χ2v) is 6.61. The number of imidazole rings is 1. The van der Waals surface area contributed by atoms with Gasteiger partial charge in [0.1, 0.15) is 0 Å². The molecule has 0 radical (unpaired) electrons. The number of amides is 1. The SMILES string of the molecule is C[C@@H](C(=O)Nc1ccc2[nH]c(=O)[nH]c2c1)N(C)Cc1ccc2c(c1)OCO2. The first-order valence-corrected chi connectivity index (χ1v) is 8.61. The van der Waals surface area contributed by atoms with Crippen molar-refractivity contribution in [1.82, 2.24) is 14.9 Å². The Morgan fingerprint density at radius 1 is 1.15 bits per heavy atom. The minimum atomic E-state index is -0.351. The lowest BCUT2D eigenvalue weighted by molar-refractivity contribution is -0.120. The van der Waals surface area contributed by atoms with Gasteiger partial charge in [-0.1, -0.05) is 6.07 Å². The standard InChI is InChI=1S/C19H20N4O4/c1-11(23(2)9-12-3-6-16-17(7-12)27-10-26-16)18(24)20-13-4-5-14-15(8-13)22-19(25)21-14/h3-8,11H,9-10H2,1-2H3,(H,20,24)(H2,21,22,25)/t11-/m0/s1. The van der Waals surface area contributed by atoms with Gasteiger partial charge in [0.15, 0.2) is 11.5 Å². The molecule has 1 aliphatic rings. The third-order valence-corrected chi connectivity index (χ3v) is 4.69. The third-order valence-electron chi connectivity index (χ3n) is 4.69. The molecule has 0 bridgehead atoms. The van der Waals surface area contributed by atoms with E-state index >= 15 is 0 Å². The first-order chi connectivity index (χ1) is 13.0. The number of likely N-dealkylation sites (N-methyl/N-ethyl adjacent to an activating group) is 1. The highest BCUT2D eigenvalue weighted by molar-refractivity contribution is 5.96. The molecule has 0 saturated heterocycles. The second kappa shape index (κ2) is 6.81. The maximum absolute atomic E-state index is 12.6. The van der Waals surface area contributed by atoms with E-state index in [1.165, 1.54) is 0 Å². The zero-order chi connectivity index (χ0) is 19.0. The average Bonchev–Trinajstić information content (AvgIpc) is 3.25. The van der Waals surface area contributed by atoms with Gasteiger partial charge in [-0.15, -0.1) is 0 Å². The summed E-state index contributed by atoms with van der Waals surface area (Å²) in [5.41, 5.74) is 2.74. The lowest BCUT2D eigenvalue weighted by atomic mass is 10.1. The number of H-pyrrole nitrogens is 2. The highest BCUT2D eigenvalue weighted by Gasteiger charge is 2.20. The van der Waals surface area contributed by atoms with Crippen LogP contribution in [0.15, 0.2) is 41.2 Å². The first kappa shape index (κ1) is 17.2. The predicted octanol–water partition coefficient (Wildman–Crippen LogP) is 2.04. The van der Waals surface area contributed by atoms with E-state index in [0.717, 1.165) is 17.1 Å². The van der Waals surface area contributed by atoms with Crippen LogP contribution >= 0.6 is 0 Å². The summed E-state index contributed by atoms with van der Waals surface area (Å²) in [5, 5.41) is 2.89. The van der Waals surface area contributed by atoms with Crippen molar-refractivity contribution >= 4 is 22.6 Å². The van der Waals surface area contributed by atoms with Gasteiger partial charge in [0, 0.05) is 12.2 Å². The minimum absolute atomic E-state index is 0.129. The van der Waals surface area contributed by atoms with Gasteiger partial charge >= 0.3 is 5.69 Å². The number of anilines is 1. The van der Waals surface area contributed by atoms with Crippen LogP contribution in [-0.4, -0.2) is 40.7 Å². The summed E-state index contributed by atoms with van der Waals surface area (Å²) >= 11 is 0. The molecular weight excluding hydrogens is 348 g/mol. The van der Waals surface area contributed by atoms with Crippen molar-refractivity contribution in [3.8, 4) is 11.5 Å². The van der Waals surface area contributed by atoms with Gasteiger partial charge in [-0.3, -0.25) is 9.69 Å². The van der Waals surface area contributed by atoms with Gasteiger partial charge in [0.2, 0.25) is 12.7 Å². The number of ether oxygens (including phenoxy) is 2. The molecule has 1 amide bonds. The zero-order valence-corrected chi connectivity index (χ0v) is 15.0. The maximum Gasteiger partial charge on any atom is 0.323 e. The number of fused-ring (bicyclic) bond motifs is 2. The number of benzene rings is 2. The number of hydrogen-bond acceptors (Lipinski definition) is 5. The summed E-state index contributed by atoms with van der Waals surface area (Å²) in [7, 11) is 1.89. The molecule has 0 saturated carbocycles. The van der Waals surface area contributed by atoms with Gasteiger partial charge in [0.05, 0.1) is 17.1 Å². The fourth-order valence-electron chi connectivity index (χ4n) is 3.02. The quantitative estimate of drug-likeness (QED) is 0.640. The van der Waals surface area contributed by atoms with Gasteiger partial charge in [-0.2, -0.15) is 0 Å². The lowest BCUT2D eigenvalue weighted by Crippen LogP contribution is -2.39. The van der Waals surface area contributed by atoms with E-state index in [1.807, 2.05) is 37.1 Å². The lowest BCUT2D eigenvalue weighted by Gasteiger charge is -2.24. The fraction of sp³-hybridized carbons (Fsp3) is 0.263. The molecule has 140 valence electrons. The largest absolute Gasteiger partial charge is 0.454 e. The number of carbonyl (C=O) groups is 1. The Morgan fingerprint density at radius 2 is 1.93 bits per heavy atom. The molecule has 27 heavy (non-hydrogen) atoms. The summed E-state index contributed by atoms with van der Waals surface area (Å²) in [5.74, 6) is 1.34. The molecule has 0 unspecified atom stereocenters. The van der Waals surface area contributed by atoms with E-state index in [2.05, 4.69) is 15.3 Å². The van der Waals surface area contributed by atoms with Crippen LogP contribution < -0.4 is 20.5 Å². The minimum Gasteiger partial charge on any atom is -0.454 e. The average molecular weight is 368 g/mol. The molecule has 1 atom stereocenters. The number of hydrogen-bond donors (Lipinski definition) is 3. The van der Waals surface area contributed by atoms with Gasteiger partial charge in [-0.05, 0) is 49.9 Å². The summed E-state index contributed by atoms with van der Waals surface area (Å²) in [6, 6.07) is 10.7. The topological polar surface area (TPSA) is 99.5 Å². The Hall–Kier alpha value is -3.26. The van der Waals surface area contributed by atoms with Gasteiger partial charge < -0.3 is 24.8 Å². The summed E-state index contributed by atoms with van der Waals surface area (Å²) in [4.78, 5) is 31.2. The fourth-order valence-corrected chi connectivity index (χ4v) is 3.02. The zero-order valence-electron chi connectivity index (χ0n) is 15.0. The van der Waals surface area contributed by atoms with Crippen molar-refractivity contribution in [3.63, 3.8) is 0 Å². The summed E-state index contributed by atoms with van der Waals surface area (Å²) in [6.07, 6.45) is 0. The van der Waals surface area contributed by atoms with Crippen molar-refractivity contribution < 1.29 is 14.3 Å². The molecule has 1 aromatic heterocycles. The monoisotopic (exact) mass is 368 g/mol. The Labute approximate surface area is 155 Å². The van der Waals surface area contributed by atoms with Crippen LogP contribution in [0.5, 0.6) is 11.5 Å². The Morgan fingerprint density at radius 3 is 2.78 bits per heavy atom. The molecular formula is C19H20N4O4. The molecule has 3 N–H and O–H groups in total. The number of rotatable bonds is 5. The van der Waals surface area contributed by atoms with Crippen LogP contribution in [0.25, 0.3) is 11.0 Å². The Kier molecular flexibility index (Phi) is 4.33. The highest BCUT2D eigenvalue weighted by atomic mass is 16.7. The maximum atomic E-state index is 12.6. The Balaban J connectivity index is 1.42. The predicted molar refractivity (Wildman–Crippen MR) is 101 cm³/mol. The Bertz CT molecular complexity index is 1060. The van der Waals surface area contributed by atoms with Crippen LogP contribution in [0.3, 0.4) is 0 Å². The van der Waals surface area contributed by atoms with Gasteiger partial charge in [0.25, 0.3) is 0 Å². The number of nitrogens with zero attached hydrogens (tertiary/aromatic N) is 1. The van der Waals surface area contributed by atoms with E-state index < -0.39 is 0 Å². The first-order valence-electron chi connectivity index (χ1n) is 8.61. The smallest absolute Gasteiger partial charge is 0.323 e. The molecule has 0 fully saturated rings. The van der Waals surface area contributed by atoms with Crippen LogP contribution in [0, 0.1) is 0 Å². The molecule has 2 aromatic carbocycles. The number of nitrogens with one attached hydrogen (secondary N) is 3. The molecule has 1 aliphatic heterocycles. The molecule has 3 aromatic rings. The van der Waals surface area contributed by atoms with Crippen molar-refractivity contribution in [1.29, 1.82) is 0 Å². The van der Waals surface area contributed by atoms with Crippen LogP contribution in [0.1, 0.15) is 12.5 Å². The van der Waals surface area contributed by atoms with Crippen LogP contribution in [-0.2, 0) is 11.3 Å². The van der Waals surface area contributed by atoms with Crippen LogP contribution in [0.2, 0.25) is 0 Å². The van der Waals surface area contributed by atoms with E-state index in [1.54, 1.807) is 18.2 Å². The van der Waals surface area contributed by atoms with Crippen molar-refractivity contribution in [2.75, 3.05) is 19.2 Å². The van der Waals surface area contributed by atoms with E-state index in [4.69, 9.17) is 9.47 Å². The van der Waals surface area contributed by atoms with Crippen molar-refractivity contribution in [2.45, 2.75) is 19.5 Å². The highest BCUT2D eigenvalue weighted by Crippen LogP contribution is 2.32. The van der Waals surface area contributed by atoms with E-state index in [9.17, 15) is 9.59 Å².